The highest BCUT2D eigenvalue weighted by molar-refractivity contribution is 5.72. The Morgan fingerprint density at radius 3 is 2.27 bits per heavy atom. The predicted molar refractivity (Wildman–Crippen MR) is 44.0 cm³/mol. The second-order valence-electron chi connectivity index (χ2n) is 1.88. The maximum absolute atomic E-state index is 10.0. The second-order valence-corrected chi connectivity index (χ2v) is 1.88. The number of nitrogens with two attached hydrogens (primary N) is 3. The molecule has 0 unspecified atom stereocenters. The van der Waals surface area contributed by atoms with Gasteiger partial charge in [-0.15, -0.1) is 0 Å². The summed E-state index contributed by atoms with van der Waals surface area (Å²) in [4.78, 5) is 10.0. The van der Waals surface area contributed by atoms with Gasteiger partial charge in [-0.25, -0.2) is 0 Å². The molecule has 5 nitrogen and oxygen atoms in total. The second kappa shape index (κ2) is 9.35. The van der Waals surface area contributed by atoms with Crippen molar-refractivity contribution < 1.29 is 9.90 Å². The molecule has 11 heavy (non-hydrogen) atoms. The fourth-order valence-electron chi connectivity index (χ4n) is 0.461. The van der Waals surface area contributed by atoms with Crippen LogP contribution in [-0.4, -0.2) is 30.7 Å². The summed E-state index contributed by atoms with van der Waals surface area (Å²) in [6.45, 7) is 0.501. The van der Waals surface area contributed by atoms with Crippen LogP contribution in [-0.2, 0) is 4.79 Å². The number of carbonyl (C=O) groups is 1. The maximum Gasteiger partial charge on any atom is 0.320 e. The van der Waals surface area contributed by atoms with Crippen molar-refractivity contribution in [1.29, 1.82) is 0 Å². The first-order valence-electron chi connectivity index (χ1n) is 3.44. The van der Waals surface area contributed by atoms with E-state index in [4.69, 9.17) is 16.6 Å². The Bertz CT molecular complexity index is 97.8. The van der Waals surface area contributed by atoms with E-state index in [9.17, 15) is 4.79 Å². The van der Waals surface area contributed by atoms with Gasteiger partial charge in [-0.1, -0.05) is 0 Å². The number of aliphatic carboxylic acids is 1. The van der Waals surface area contributed by atoms with E-state index in [1.54, 1.807) is 0 Å². The maximum atomic E-state index is 10.0. The van der Waals surface area contributed by atoms with Gasteiger partial charge in [0.15, 0.2) is 0 Å². The minimum Gasteiger partial charge on any atom is -0.480 e. The lowest BCUT2D eigenvalue weighted by Crippen LogP contribution is -2.30. The van der Waals surface area contributed by atoms with Gasteiger partial charge in [0.2, 0.25) is 0 Å². The first-order valence-corrected chi connectivity index (χ1v) is 3.44. The first kappa shape index (κ1) is 13.0. The molecule has 0 heterocycles. The average molecular weight is 163 g/mol. The largest absolute Gasteiger partial charge is 0.480 e. The van der Waals surface area contributed by atoms with Crippen molar-refractivity contribution in [2.45, 2.75) is 18.9 Å². The Balaban J connectivity index is 0. The van der Waals surface area contributed by atoms with Crippen molar-refractivity contribution in [2.24, 2.45) is 17.2 Å². The van der Waals surface area contributed by atoms with E-state index in [1.165, 1.54) is 7.05 Å². The van der Waals surface area contributed by atoms with E-state index < -0.39 is 12.0 Å². The SMILES string of the molecule is CN.NCCC[C@H](N)C(=O)O. The van der Waals surface area contributed by atoms with Crippen LogP contribution in [0.3, 0.4) is 0 Å². The zero-order valence-electron chi connectivity index (χ0n) is 6.79. The minimum atomic E-state index is -0.955. The van der Waals surface area contributed by atoms with Gasteiger partial charge in [0.05, 0.1) is 0 Å². The highest BCUT2D eigenvalue weighted by Crippen LogP contribution is 1.91. The summed E-state index contributed by atoms with van der Waals surface area (Å²) in [7, 11) is 1.50. The number of rotatable bonds is 4. The van der Waals surface area contributed by atoms with Crippen LogP contribution in [0.15, 0.2) is 0 Å². The molecule has 0 bridgehead atoms. The summed E-state index contributed by atoms with van der Waals surface area (Å²) >= 11 is 0. The van der Waals surface area contributed by atoms with Crippen molar-refractivity contribution in [2.75, 3.05) is 13.6 Å². The summed E-state index contributed by atoms with van der Waals surface area (Å²) in [6, 6.07) is -0.742. The standard InChI is InChI=1S/C5H12N2O2.CH5N/c6-3-1-2-4(7)5(8)9;1-2/h4H,1-3,6-7H2,(H,8,9);2H2,1H3/t4-;/m0./s1. The smallest absolute Gasteiger partial charge is 0.320 e. The first-order chi connectivity index (χ1) is 5.18. The van der Waals surface area contributed by atoms with Crippen LogP contribution in [0.5, 0.6) is 0 Å². The number of hydrogen-bond acceptors (Lipinski definition) is 4. The number of carboxylic acid groups (broad SMARTS) is 1. The Morgan fingerprint density at radius 1 is 1.55 bits per heavy atom. The highest BCUT2D eigenvalue weighted by atomic mass is 16.4. The van der Waals surface area contributed by atoms with Gasteiger partial charge in [-0.05, 0) is 26.4 Å². The molecule has 0 saturated heterocycles. The lowest BCUT2D eigenvalue weighted by atomic mass is 10.2. The average Bonchev–Trinajstić information content (AvgIpc) is 2.03. The van der Waals surface area contributed by atoms with Crippen molar-refractivity contribution in [1.82, 2.24) is 0 Å². The zero-order valence-corrected chi connectivity index (χ0v) is 6.79. The van der Waals surface area contributed by atoms with E-state index in [1.807, 2.05) is 0 Å². The van der Waals surface area contributed by atoms with Crippen LogP contribution in [0, 0.1) is 0 Å². The molecule has 0 rings (SSSR count). The highest BCUT2D eigenvalue weighted by Gasteiger charge is 2.08. The Hall–Kier alpha value is -0.650. The molecule has 0 aromatic heterocycles. The summed E-state index contributed by atoms with van der Waals surface area (Å²) in [5.74, 6) is -0.955. The van der Waals surface area contributed by atoms with Gasteiger partial charge in [0.1, 0.15) is 6.04 Å². The Kier molecular flexibility index (Phi) is 11.0. The van der Waals surface area contributed by atoms with E-state index in [2.05, 4.69) is 5.73 Å². The van der Waals surface area contributed by atoms with Gasteiger partial charge >= 0.3 is 5.97 Å². The van der Waals surface area contributed by atoms with Crippen molar-refractivity contribution in [3.8, 4) is 0 Å². The van der Waals surface area contributed by atoms with Crippen molar-refractivity contribution in [3.05, 3.63) is 0 Å². The molecule has 5 heteroatoms. The molecule has 0 aromatic rings. The quantitative estimate of drug-likeness (QED) is 0.411. The molecule has 0 spiro atoms. The predicted octanol–water partition coefficient (Wildman–Crippen LogP) is -1.29. The monoisotopic (exact) mass is 163 g/mol. The van der Waals surface area contributed by atoms with Crippen LogP contribution in [0.25, 0.3) is 0 Å². The van der Waals surface area contributed by atoms with Gasteiger partial charge in [-0.2, -0.15) is 0 Å². The molecule has 68 valence electrons. The third-order valence-corrected chi connectivity index (χ3v) is 1.04. The van der Waals surface area contributed by atoms with Gasteiger partial charge in [0.25, 0.3) is 0 Å². The molecule has 0 aliphatic rings. The zero-order chi connectivity index (χ0) is 9.28. The Morgan fingerprint density at radius 2 is 2.00 bits per heavy atom. The van der Waals surface area contributed by atoms with Crippen LogP contribution in [0.2, 0.25) is 0 Å². The summed E-state index contributed by atoms with van der Waals surface area (Å²) in [5.41, 5.74) is 14.8. The molecule has 7 N–H and O–H groups in total. The van der Waals surface area contributed by atoms with Crippen LogP contribution >= 0.6 is 0 Å². The third kappa shape index (κ3) is 9.35. The van der Waals surface area contributed by atoms with Gasteiger partial charge < -0.3 is 22.3 Å². The van der Waals surface area contributed by atoms with E-state index >= 15 is 0 Å². The lowest BCUT2D eigenvalue weighted by molar-refractivity contribution is -0.138. The summed E-state index contributed by atoms with van der Waals surface area (Å²) < 4.78 is 0. The van der Waals surface area contributed by atoms with Gasteiger partial charge in [0, 0.05) is 0 Å². The van der Waals surface area contributed by atoms with E-state index in [-0.39, 0.29) is 0 Å². The van der Waals surface area contributed by atoms with Crippen LogP contribution < -0.4 is 17.2 Å². The van der Waals surface area contributed by atoms with Gasteiger partial charge in [-0.3, -0.25) is 4.79 Å². The lowest BCUT2D eigenvalue weighted by Gasteiger charge is -2.02. The van der Waals surface area contributed by atoms with E-state index in [0.29, 0.717) is 19.4 Å². The molecule has 0 fully saturated rings. The van der Waals surface area contributed by atoms with Crippen LogP contribution in [0.4, 0.5) is 0 Å². The minimum absolute atomic E-state index is 0.464. The van der Waals surface area contributed by atoms with Crippen LogP contribution in [0.1, 0.15) is 12.8 Å². The van der Waals surface area contributed by atoms with E-state index in [0.717, 1.165) is 0 Å². The third-order valence-electron chi connectivity index (χ3n) is 1.04. The van der Waals surface area contributed by atoms with Crippen molar-refractivity contribution in [3.63, 3.8) is 0 Å². The number of carboxylic acids is 1. The fourth-order valence-corrected chi connectivity index (χ4v) is 0.461. The summed E-state index contributed by atoms with van der Waals surface area (Å²) in [5, 5.41) is 8.24. The molecule has 0 aromatic carbocycles. The normalized spacial score (nSPS) is 11.3. The molecule has 1 atom stereocenters. The molecular formula is C6H17N3O2. The molecule has 0 saturated carbocycles. The molecular weight excluding hydrogens is 146 g/mol. The molecule has 0 amide bonds. The molecule has 0 aliphatic heterocycles. The topological polar surface area (TPSA) is 115 Å². The Labute approximate surface area is 66.5 Å². The fraction of sp³-hybridized carbons (Fsp3) is 0.833. The molecule has 0 aliphatic carbocycles. The summed E-state index contributed by atoms with van der Waals surface area (Å²) in [6.07, 6.45) is 1.14. The molecule has 0 radical (unpaired) electrons. The van der Waals surface area contributed by atoms with Crippen molar-refractivity contribution >= 4 is 5.97 Å². The number of hydrogen-bond donors (Lipinski definition) is 4.